The Balaban J connectivity index is 2.22. The zero-order valence-corrected chi connectivity index (χ0v) is 9.79. The van der Waals surface area contributed by atoms with Crippen molar-refractivity contribution in [3.05, 3.63) is 47.1 Å². The Morgan fingerprint density at radius 1 is 1.47 bits per heavy atom. The third-order valence-electron chi connectivity index (χ3n) is 3.55. The van der Waals surface area contributed by atoms with Gasteiger partial charge in [0.2, 0.25) is 0 Å². The van der Waals surface area contributed by atoms with Crippen LogP contribution in [0.4, 0.5) is 0 Å². The van der Waals surface area contributed by atoms with Gasteiger partial charge in [-0.25, -0.2) is 0 Å². The average Bonchev–Trinajstić information content (AvgIpc) is 2.30. The van der Waals surface area contributed by atoms with E-state index in [-0.39, 0.29) is 0 Å². The minimum Gasteiger partial charge on any atom is -0.0842 e. The van der Waals surface area contributed by atoms with Crippen LogP contribution in [0.1, 0.15) is 39.5 Å². The lowest BCUT2D eigenvalue weighted by Gasteiger charge is -2.26. The molecule has 2 aliphatic rings. The summed E-state index contributed by atoms with van der Waals surface area (Å²) in [4.78, 5) is 0. The molecule has 0 aromatic heterocycles. The van der Waals surface area contributed by atoms with Gasteiger partial charge in [0, 0.05) is 0 Å². The molecule has 0 heterocycles. The Kier molecular flexibility index (Phi) is 3.25. The fourth-order valence-corrected chi connectivity index (χ4v) is 2.62. The van der Waals surface area contributed by atoms with Gasteiger partial charge in [0.25, 0.3) is 0 Å². The molecule has 0 N–H and O–H groups in total. The van der Waals surface area contributed by atoms with Crippen LogP contribution in [0, 0.1) is 5.92 Å². The van der Waals surface area contributed by atoms with Gasteiger partial charge in [0.1, 0.15) is 0 Å². The molecular weight excluding hydrogens is 180 g/mol. The van der Waals surface area contributed by atoms with Crippen molar-refractivity contribution >= 4 is 0 Å². The average molecular weight is 200 g/mol. The molecule has 0 radical (unpaired) electrons. The van der Waals surface area contributed by atoms with Crippen LogP contribution in [0.15, 0.2) is 47.1 Å². The van der Waals surface area contributed by atoms with E-state index in [1.54, 1.807) is 5.57 Å². The first-order valence-electron chi connectivity index (χ1n) is 6.08. The highest BCUT2D eigenvalue weighted by Gasteiger charge is 2.20. The van der Waals surface area contributed by atoms with Gasteiger partial charge in [-0.05, 0) is 55.2 Å². The van der Waals surface area contributed by atoms with E-state index >= 15 is 0 Å². The van der Waals surface area contributed by atoms with Gasteiger partial charge < -0.3 is 0 Å². The van der Waals surface area contributed by atoms with Crippen LogP contribution in [0.2, 0.25) is 0 Å². The minimum absolute atomic E-state index is 0.788. The molecule has 0 saturated heterocycles. The summed E-state index contributed by atoms with van der Waals surface area (Å²) in [5.41, 5.74) is 4.63. The molecule has 1 atom stereocenters. The van der Waals surface area contributed by atoms with E-state index in [0.29, 0.717) is 0 Å². The fraction of sp³-hybridized carbons (Fsp3) is 0.467. The van der Waals surface area contributed by atoms with Crippen LogP contribution >= 0.6 is 0 Å². The Morgan fingerprint density at radius 3 is 3.07 bits per heavy atom. The summed E-state index contributed by atoms with van der Waals surface area (Å²) in [5, 5.41) is 0. The summed E-state index contributed by atoms with van der Waals surface area (Å²) in [6.07, 6.45) is 16.5. The van der Waals surface area contributed by atoms with Crippen molar-refractivity contribution in [2.45, 2.75) is 39.5 Å². The van der Waals surface area contributed by atoms with Gasteiger partial charge in [-0.2, -0.15) is 0 Å². The predicted octanol–water partition coefficient (Wildman–Crippen LogP) is 4.57. The second kappa shape index (κ2) is 4.65. The molecule has 2 aliphatic carbocycles. The quantitative estimate of drug-likeness (QED) is 0.612. The van der Waals surface area contributed by atoms with Crippen LogP contribution in [-0.2, 0) is 0 Å². The summed E-state index contributed by atoms with van der Waals surface area (Å²) in [6, 6.07) is 0. The van der Waals surface area contributed by atoms with Crippen LogP contribution in [0.3, 0.4) is 0 Å². The summed E-state index contributed by atoms with van der Waals surface area (Å²) < 4.78 is 0. The first kappa shape index (κ1) is 10.5. The molecule has 0 bridgehead atoms. The van der Waals surface area contributed by atoms with Crippen molar-refractivity contribution in [1.82, 2.24) is 0 Å². The van der Waals surface area contributed by atoms with Crippen molar-refractivity contribution in [3.63, 3.8) is 0 Å². The third kappa shape index (κ3) is 2.14. The van der Waals surface area contributed by atoms with Crippen LogP contribution in [0.25, 0.3) is 0 Å². The third-order valence-corrected chi connectivity index (χ3v) is 3.55. The van der Waals surface area contributed by atoms with Crippen molar-refractivity contribution in [2.24, 2.45) is 5.92 Å². The number of hydrogen-bond donors (Lipinski definition) is 0. The van der Waals surface area contributed by atoms with Crippen molar-refractivity contribution in [3.8, 4) is 0 Å². The molecule has 80 valence electrons. The first-order valence-corrected chi connectivity index (χ1v) is 6.08. The molecule has 0 fully saturated rings. The highest BCUT2D eigenvalue weighted by atomic mass is 14.2. The Hall–Kier alpha value is -1.04. The molecule has 2 rings (SSSR count). The van der Waals surface area contributed by atoms with Crippen molar-refractivity contribution in [2.75, 3.05) is 0 Å². The predicted molar refractivity (Wildman–Crippen MR) is 66.7 cm³/mol. The molecule has 15 heavy (non-hydrogen) atoms. The highest BCUT2D eigenvalue weighted by molar-refractivity contribution is 5.42. The van der Waals surface area contributed by atoms with Crippen LogP contribution in [-0.4, -0.2) is 0 Å². The Bertz CT molecular complexity index is 350. The Labute approximate surface area is 93.1 Å². The fourth-order valence-electron chi connectivity index (χ4n) is 2.62. The summed E-state index contributed by atoms with van der Waals surface area (Å²) >= 11 is 0. The number of fused-ring (bicyclic) bond motifs is 1. The summed E-state index contributed by atoms with van der Waals surface area (Å²) in [7, 11) is 0. The second-order valence-electron chi connectivity index (χ2n) is 4.41. The normalized spacial score (nSPS) is 25.7. The number of rotatable bonds is 2. The molecule has 0 heteroatoms. The zero-order chi connectivity index (χ0) is 10.7. The van der Waals surface area contributed by atoms with Gasteiger partial charge >= 0.3 is 0 Å². The number of hydrogen-bond acceptors (Lipinski definition) is 0. The SMILES string of the molecule is CC=C(CC)C1=CC=C2C=CCCC2C1. The largest absolute Gasteiger partial charge is 0.0842 e. The molecule has 1 unspecified atom stereocenters. The van der Waals surface area contributed by atoms with Crippen molar-refractivity contribution in [1.29, 1.82) is 0 Å². The maximum absolute atomic E-state index is 2.32. The van der Waals surface area contributed by atoms with Crippen molar-refractivity contribution < 1.29 is 0 Å². The minimum atomic E-state index is 0.788. The smallest absolute Gasteiger partial charge is 0.0119 e. The van der Waals surface area contributed by atoms with Gasteiger partial charge in [-0.15, -0.1) is 0 Å². The molecule has 0 aromatic carbocycles. The van der Waals surface area contributed by atoms with Crippen LogP contribution < -0.4 is 0 Å². The molecule has 0 saturated carbocycles. The maximum Gasteiger partial charge on any atom is -0.0119 e. The number of allylic oxidation sites excluding steroid dienone is 8. The van der Waals surface area contributed by atoms with E-state index in [9.17, 15) is 0 Å². The van der Waals surface area contributed by atoms with Gasteiger partial charge in [-0.3, -0.25) is 0 Å². The molecule has 0 amide bonds. The molecule has 0 nitrogen and oxygen atoms in total. The topological polar surface area (TPSA) is 0 Å². The highest BCUT2D eigenvalue weighted by Crippen LogP contribution is 2.35. The molecule has 0 spiro atoms. The molecule has 0 aromatic rings. The lowest BCUT2D eigenvalue weighted by molar-refractivity contribution is 0.552. The maximum atomic E-state index is 2.32. The second-order valence-corrected chi connectivity index (χ2v) is 4.41. The van der Waals surface area contributed by atoms with E-state index in [0.717, 1.165) is 12.3 Å². The lowest BCUT2D eigenvalue weighted by Crippen LogP contribution is -2.11. The molecular formula is C15H20. The standard InChI is InChI=1S/C15H20/c1-3-12(4-2)15-10-9-13-7-5-6-8-14(13)11-15/h3,5,7,9-10,14H,4,6,8,11H2,1-2H3. The van der Waals surface area contributed by atoms with E-state index in [1.165, 1.54) is 30.4 Å². The first-order chi connectivity index (χ1) is 7.35. The monoisotopic (exact) mass is 200 g/mol. The lowest BCUT2D eigenvalue weighted by atomic mass is 9.79. The van der Waals surface area contributed by atoms with Gasteiger partial charge in [0.05, 0.1) is 0 Å². The van der Waals surface area contributed by atoms with E-state index < -0.39 is 0 Å². The van der Waals surface area contributed by atoms with Gasteiger partial charge in [-0.1, -0.05) is 37.3 Å². The van der Waals surface area contributed by atoms with E-state index in [4.69, 9.17) is 0 Å². The summed E-state index contributed by atoms with van der Waals surface area (Å²) in [6.45, 7) is 4.40. The van der Waals surface area contributed by atoms with E-state index in [1.807, 2.05) is 0 Å². The summed E-state index contributed by atoms with van der Waals surface area (Å²) in [5.74, 6) is 0.788. The Morgan fingerprint density at radius 2 is 2.33 bits per heavy atom. The van der Waals surface area contributed by atoms with E-state index in [2.05, 4.69) is 44.2 Å². The molecule has 0 aliphatic heterocycles. The van der Waals surface area contributed by atoms with Crippen LogP contribution in [0.5, 0.6) is 0 Å². The van der Waals surface area contributed by atoms with Gasteiger partial charge in [0.15, 0.2) is 0 Å². The zero-order valence-electron chi connectivity index (χ0n) is 9.79.